The molecule has 0 saturated carbocycles. The lowest BCUT2D eigenvalue weighted by molar-refractivity contribution is -0.887. The number of quaternary nitrogens is 1. The molecule has 1 unspecified atom stereocenters. The van der Waals surface area contributed by atoms with Crippen LogP contribution < -0.4 is 4.90 Å². The van der Waals surface area contributed by atoms with Crippen LogP contribution in [0.2, 0.25) is 0 Å². The third kappa shape index (κ3) is 2.66. The highest BCUT2D eigenvalue weighted by Crippen LogP contribution is 2.30. The van der Waals surface area contributed by atoms with Crippen molar-refractivity contribution in [1.82, 2.24) is 0 Å². The highest BCUT2D eigenvalue weighted by Gasteiger charge is 2.39. The Morgan fingerprint density at radius 1 is 1.16 bits per heavy atom. The number of benzene rings is 1. The van der Waals surface area contributed by atoms with Crippen LogP contribution in [0.4, 0.5) is 5.69 Å². The molecule has 1 fully saturated rings. The van der Waals surface area contributed by atoms with Crippen molar-refractivity contribution < 1.29 is 9.28 Å². The molecule has 0 N–H and O–H groups in total. The quantitative estimate of drug-likeness (QED) is 0.749. The Hall–Kier alpha value is -1.35. The van der Waals surface area contributed by atoms with Crippen LogP contribution >= 0.6 is 0 Å². The van der Waals surface area contributed by atoms with E-state index < -0.39 is 0 Å². The van der Waals surface area contributed by atoms with E-state index in [0.29, 0.717) is 4.48 Å². The first kappa shape index (κ1) is 14.1. The maximum atomic E-state index is 12.8. The smallest absolute Gasteiger partial charge is 0.285 e. The number of para-hydroxylation sites is 1. The lowest BCUT2D eigenvalue weighted by Gasteiger charge is -2.40. The van der Waals surface area contributed by atoms with E-state index in [-0.39, 0.29) is 11.9 Å². The van der Waals surface area contributed by atoms with Crippen molar-refractivity contribution in [3.8, 4) is 0 Å². The largest absolute Gasteiger partial charge is 0.321 e. The molecule has 1 aliphatic rings. The van der Waals surface area contributed by atoms with Gasteiger partial charge in [0.15, 0.2) is 6.04 Å². The van der Waals surface area contributed by atoms with Gasteiger partial charge in [0.1, 0.15) is 0 Å². The standard InChI is InChI=1S/C16H25N2O/c1-12-8-6-9-13(2)15(12)17-11-7-10-14(16(17)19)18(3,4)5/h6,8-9,14H,7,10-11H2,1-5H3/q+1. The number of carbonyl (C=O) groups is 1. The molecule has 0 bridgehead atoms. The molecule has 1 aliphatic heterocycles. The highest BCUT2D eigenvalue weighted by molar-refractivity contribution is 5.98. The number of hydrogen-bond acceptors (Lipinski definition) is 1. The monoisotopic (exact) mass is 261 g/mol. The fraction of sp³-hybridized carbons (Fsp3) is 0.562. The number of aryl methyl sites for hydroxylation is 2. The molecular formula is C16H25N2O+. The van der Waals surface area contributed by atoms with Crippen LogP contribution in [0.1, 0.15) is 24.0 Å². The van der Waals surface area contributed by atoms with E-state index in [1.165, 1.54) is 11.1 Å². The molecule has 1 heterocycles. The molecule has 1 saturated heterocycles. The molecule has 104 valence electrons. The summed E-state index contributed by atoms with van der Waals surface area (Å²) in [5.41, 5.74) is 3.50. The summed E-state index contributed by atoms with van der Waals surface area (Å²) in [6.45, 7) is 5.03. The van der Waals surface area contributed by atoms with Crippen LogP contribution in [0.25, 0.3) is 0 Å². The minimum atomic E-state index is 0.0766. The number of carbonyl (C=O) groups excluding carboxylic acids is 1. The van der Waals surface area contributed by atoms with Crippen molar-refractivity contribution in [2.75, 3.05) is 32.6 Å². The fourth-order valence-electron chi connectivity index (χ4n) is 3.03. The van der Waals surface area contributed by atoms with Gasteiger partial charge in [0, 0.05) is 18.7 Å². The second-order valence-corrected chi connectivity index (χ2v) is 6.50. The van der Waals surface area contributed by atoms with Crippen molar-refractivity contribution in [3.63, 3.8) is 0 Å². The summed E-state index contributed by atoms with van der Waals surface area (Å²) in [7, 11) is 6.32. The number of rotatable bonds is 2. The van der Waals surface area contributed by atoms with Crippen LogP contribution in [0, 0.1) is 13.8 Å². The van der Waals surface area contributed by atoms with Crippen LogP contribution in [0.15, 0.2) is 18.2 Å². The van der Waals surface area contributed by atoms with Crippen LogP contribution in [-0.2, 0) is 4.79 Å². The van der Waals surface area contributed by atoms with Crippen molar-refractivity contribution in [2.45, 2.75) is 32.7 Å². The summed E-state index contributed by atoms with van der Waals surface area (Å²) in [5, 5.41) is 0. The fourth-order valence-corrected chi connectivity index (χ4v) is 3.03. The molecule has 0 radical (unpaired) electrons. The highest BCUT2D eigenvalue weighted by atomic mass is 16.2. The van der Waals surface area contributed by atoms with E-state index in [2.05, 4.69) is 53.2 Å². The molecule has 1 aromatic carbocycles. The van der Waals surface area contributed by atoms with Gasteiger partial charge in [0.25, 0.3) is 5.91 Å². The molecule has 1 aromatic rings. The van der Waals surface area contributed by atoms with E-state index in [1.807, 2.05) is 4.90 Å². The molecule has 3 heteroatoms. The molecule has 0 spiro atoms. The molecule has 3 nitrogen and oxygen atoms in total. The van der Waals surface area contributed by atoms with Crippen LogP contribution in [0.3, 0.4) is 0 Å². The third-order valence-electron chi connectivity index (χ3n) is 4.05. The number of nitrogens with zero attached hydrogens (tertiary/aromatic N) is 2. The Labute approximate surface area is 116 Å². The van der Waals surface area contributed by atoms with Crippen molar-refractivity contribution in [2.24, 2.45) is 0 Å². The number of hydrogen-bond donors (Lipinski definition) is 0. The minimum Gasteiger partial charge on any atom is -0.321 e. The van der Waals surface area contributed by atoms with E-state index in [4.69, 9.17) is 0 Å². The average Bonchev–Trinajstić information content (AvgIpc) is 2.29. The van der Waals surface area contributed by atoms with E-state index >= 15 is 0 Å². The van der Waals surface area contributed by atoms with Crippen LogP contribution in [-0.4, -0.2) is 44.1 Å². The molecule has 2 rings (SSSR count). The van der Waals surface area contributed by atoms with Crippen molar-refractivity contribution in [3.05, 3.63) is 29.3 Å². The molecule has 0 aromatic heterocycles. The predicted molar refractivity (Wildman–Crippen MR) is 79.3 cm³/mol. The van der Waals surface area contributed by atoms with Gasteiger partial charge in [-0.2, -0.15) is 0 Å². The Balaban J connectivity index is 2.38. The van der Waals surface area contributed by atoms with Gasteiger partial charge in [-0.3, -0.25) is 4.79 Å². The normalized spacial score (nSPS) is 20.8. The van der Waals surface area contributed by atoms with E-state index in [9.17, 15) is 4.79 Å². The van der Waals surface area contributed by atoms with Gasteiger partial charge in [0.05, 0.1) is 21.1 Å². The SMILES string of the molecule is Cc1cccc(C)c1N1CCCC([N+](C)(C)C)C1=O. The third-order valence-corrected chi connectivity index (χ3v) is 4.05. The molecule has 19 heavy (non-hydrogen) atoms. The molecular weight excluding hydrogens is 236 g/mol. The van der Waals surface area contributed by atoms with Crippen molar-refractivity contribution in [1.29, 1.82) is 0 Å². The predicted octanol–water partition coefficient (Wildman–Crippen LogP) is 2.51. The summed E-state index contributed by atoms with van der Waals surface area (Å²) in [6, 6.07) is 6.31. The number of anilines is 1. The zero-order chi connectivity index (χ0) is 14.2. The zero-order valence-corrected chi connectivity index (χ0v) is 12.7. The maximum Gasteiger partial charge on any atom is 0.285 e. The summed E-state index contributed by atoms with van der Waals surface area (Å²) >= 11 is 0. The average molecular weight is 261 g/mol. The van der Waals surface area contributed by atoms with Gasteiger partial charge in [0.2, 0.25) is 0 Å². The van der Waals surface area contributed by atoms with Gasteiger partial charge in [-0.1, -0.05) is 18.2 Å². The Morgan fingerprint density at radius 2 is 1.74 bits per heavy atom. The first-order valence-corrected chi connectivity index (χ1v) is 7.01. The summed E-state index contributed by atoms with van der Waals surface area (Å²) in [6.07, 6.45) is 2.07. The molecule has 0 aliphatic carbocycles. The Morgan fingerprint density at radius 3 is 2.26 bits per heavy atom. The zero-order valence-electron chi connectivity index (χ0n) is 12.7. The number of piperidine rings is 1. The first-order chi connectivity index (χ1) is 8.82. The summed E-state index contributed by atoms with van der Waals surface area (Å²) in [4.78, 5) is 14.8. The van der Waals surface area contributed by atoms with Crippen LogP contribution in [0.5, 0.6) is 0 Å². The van der Waals surface area contributed by atoms with Gasteiger partial charge >= 0.3 is 0 Å². The number of amides is 1. The van der Waals surface area contributed by atoms with Gasteiger partial charge in [-0.15, -0.1) is 0 Å². The lowest BCUT2D eigenvalue weighted by Crippen LogP contribution is -2.58. The summed E-state index contributed by atoms with van der Waals surface area (Å²) in [5.74, 6) is 0.274. The topological polar surface area (TPSA) is 20.3 Å². The minimum absolute atomic E-state index is 0.0766. The van der Waals surface area contributed by atoms with Gasteiger partial charge in [-0.05, 0) is 31.4 Å². The second-order valence-electron chi connectivity index (χ2n) is 6.50. The molecule has 1 amide bonds. The first-order valence-electron chi connectivity index (χ1n) is 7.01. The van der Waals surface area contributed by atoms with Crippen molar-refractivity contribution >= 4 is 11.6 Å². The summed E-state index contributed by atoms with van der Waals surface area (Å²) < 4.78 is 0.709. The lowest BCUT2D eigenvalue weighted by atomic mass is 9.99. The van der Waals surface area contributed by atoms with E-state index in [0.717, 1.165) is 25.1 Å². The Bertz CT molecular complexity index is 468. The maximum absolute atomic E-state index is 12.8. The number of likely N-dealkylation sites (N-methyl/N-ethyl adjacent to an activating group) is 1. The van der Waals surface area contributed by atoms with Gasteiger partial charge < -0.3 is 9.38 Å². The Kier molecular flexibility index (Phi) is 3.68. The van der Waals surface area contributed by atoms with E-state index in [1.54, 1.807) is 0 Å². The molecule has 1 atom stereocenters. The second kappa shape index (κ2) is 4.97. The van der Waals surface area contributed by atoms with Gasteiger partial charge in [-0.25, -0.2) is 0 Å².